The Morgan fingerprint density at radius 2 is 2.07 bits per heavy atom. The van der Waals surface area contributed by atoms with Crippen LogP contribution >= 0.6 is 11.8 Å². The molecule has 0 amide bonds. The summed E-state index contributed by atoms with van der Waals surface area (Å²) in [6.07, 6.45) is 3.47. The highest BCUT2D eigenvalue weighted by atomic mass is 32.2. The third-order valence-electron chi connectivity index (χ3n) is 5.70. The molecule has 7 nitrogen and oxygen atoms in total. The van der Waals surface area contributed by atoms with Gasteiger partial charge in [-0.2, -0.15) is 0 Å². The monoisotopic (exact) mass is 412 g/mol. The minimum atomic E-state index is -0.407. The van der Waals surface area contributed by atoms with Gasteiger partial charge in [-0.25, -0.2) is 14.1 Å². The number of rotatable bonds is 5. The molecule has 1 aliphatic carbocycles. The molecule has 2 aromatic heterocycles. The quantitative estimate of drug-likeness (QED) is 0.473. The van der Waals surface area contributed by atoms with Crippen molar-refractivity contribution in [3.8, 4) is 11.3 Å². The van der Waals surface area contributed by atoms with Crippen molar-refractivity contribution < 1.29 is 9.53 Å². The van der Waals surface area contributed by atoms with Gasteiger partial charge in [-0.05, 0) is 31.6 Å². The Bertz CT molecular complexity index is 1170. The van der Waals surface area contributed by atoms with Crippen LogP contribution in [0.5, 0.6) is 0 Å². The molecule has 1 aromatic carbocycles. The van der Waals surface area contributed by atoms with E-state index in [-0.39, 0.29) is 17.5 Å². The van der Waals surface area contributed by atoms with Gasteiger partial charge in [-0.1, -0.05) is 49.9 Å². The van der Waals surface area contributed by atoms with Crippen molar-refractivity contribution in [3.05, 3.63) is 45.7 Å². The molecule has 8 heteroatoms. The molecule has 0 N–H and O–H groups in total. The van der Waals surface area contributed by atoms with Gasteiger partial charge in [0, 0.05) is 11.0 Å². The average Bonchev–Trinajstić information content (AvgIpc) is 3.06. The molecule has 0 spiro atoms. The highest BCUT2D eigenvalue weighted by molar-refractivity contribution is 7.98. The number of esters is 1. The minimum Gasteiger partial charge on any atom is -0.465 e. The van der Waals surface area contributed by atoms with Crippen molar-refractivity contribution >= 4 is 23.5 Å². The van der Waals surface area contributed by atoms with Crippen molar-refractivity contribution in [3.63, 3.8) is 0 Å². The van der Waals surface area contributed by atoms with Gasteiger partial charge in [0.1, 0.15) is 6.54 Å². The Labute approximate surface area is 173 Å². The summed E-state index contributed by atoms with van der Waals surface area (Å²) in [5.74, 6) is -0.0442. The molecule has 0 saturated carbocycles. The number of ether oxygens (including phenoxy) is 1. The van der Waals surface area contributed by atoms with E-state index in [2.05, 4.69) is 25.0 Å². The van der Waals surface area contributed by atoms with Crippen molar-refractivity contribution in [2.75, 3.05) is 12.9 Å². The summed E-state index contributed by atoms with van der Waals surface area (Å²) in [7, 11) is 0. The van der Waals surface area contributed by atoms with Crippen molar-refractivity contribution in [2.24, 2.45) is 0 Å². The number of carbonyl (C=O) groups is 1. The second kappa shape index (κ2) is 7.33. The molecular weight excluding hydrogens is 388 g/mol. The predicted octanol–water partition coefficient (Wildman–Crippen LogP) is 3.07. The molecule has 0 saturated heterocycles. The first-order valence-electron chi connectivity index (χ1n) is 9.75. The maximum Gasteiger partial charge on any atom is 0.327 e. The van der Waals surface area contributed by atoms with Crippen molar-refractivity contribution in [2.45, 2.75) is 50.7 Å². The molecule has 1 atom stereocenters. The molecule has 1 aliphatic rings. The van der Waals surface area contributed by atoms with Crippen LogP contribution in [-0.2, 0) is 27.9 Å². The molecule has 0 radical (unpaired) electrons. The number of carbonyl (C=O) groups excluding carboxylic acids is 1. The van der Waals surface area contributed by atoms with Crippen LogP contribution in [0.4, 0.5) is 0 Å². The largest absolute Gasteiger partial charge is 0.465 e. The smallest absolute Gasteiger partial charge is 0.327 e. The Balaban J connectivity index is 2.04. The Hall–Kier alpha value is -2.61. The van der Waals surface area contributed by atoms with Crippen LogP contribution in [0.25, 0.3) is 17.0 Å². The lowest BCUT2D eigenvalue weighted by molar-refractivity contribution is -0.143. The van der Waals surface area contributed by atoms with Gasteiger partial charge in [0.2, 0.25) is 5.78 Å². The van der Waals surface area contributed by atoms with Gasteiger partial charge in [0.25, 0.3) is 5.56 Å². The van der Waals surface area contributed by atoms with Crippen LogP contribution in [-0.4, -0.2) is 38.0 Å². The normalized spacial score (nSPS) is 17.8. The fraction of sp³-hybridized carbons (Fsp3) is 0.429. The summed E-state index contributed by atoms with van der Waals surface area (Å²) in [6.45, 7) is 6.19. The van der Waals surface area contributed by atoms with Crippen LogP contribution in [0.1, 0.15) is 38.3 Å². The van der Waals surface area contributed by atoms with E-state index < -0.39 is 5.97 Å². The molecule has 0 aliphatic heterocycles. The Kier molecular flexibility index (Phi) is 4.98. The number of hydrogen-bond donors (Lipinski definition) is 0. The summed E-state index contributed by atoms with van der Waals surface area (Å²) in [5.41, 5.74) is 3.16. The summed E-state index contributed by atoms with van der Waals surface area (Å²) >= 11 is 1.36. The van der Waals surface area contributed by atoms with E-state index >= 15 is 0 Å². The molecule has 2 heterocycles. The number of thioether (sulfide) groups is 1. The van der Waals surface area contributed by atoms with Crippen LogP contribution < -0.4 is 5.56 Å². The third kappa shape index (κ3) is 3.06. The predicted molar refractivity (Wildman–Crippen MR) is 112 cm³/mol. The molecular formula is C21H24N4O3S. The fourth-order valence-electron chi connectivity index (χ4n) is 4.07. The number of nitrogens with zero attached hydrogens (tertiary/aromatic N) is 4. The third-order valence-corrected chi connectivity index (χ3v) is 6.33. The number of aromatic nitrogens is 4. The summed E-state index contributed by atoms with van der Waals surface area (Å²) in [4.78, 5) is 30.7. The molecule has 3 aromatic rings. The maximum absolute atomic E-state index is 13.7. The summed E-state index contributed by atoms with van der Waals surface area (Å²) in [5, 5.41) is 4.99. The van der Waals surface area contributed by atoms with Crippen LogP contribution in [0, 0.1) is 0 Å². The average molecular weight is 413 g/mol. The fourth-order valence-corrected chi connectivity index (χ4v) is 4.60. The van der Waals surface area contributed by atoms with Gasteiger partial charge in [0.05, 0.1) is 17.9 Å². The zero-order valence-electron chi connectivity index (χ0n) is 17.1. The lowest BCUT2D eigenvalue weighted by Gasteiger charge is -2.34. The second-order valence-corrected chi connectivity index (χ2v) is 8.25. The number of benzene rings is 1. The van der Waals surface area contributed by atoms with E-state index in [1.807, 2.05) is 24.5 Å². The van der Waals surface area contributed by atoms with Gasteiger partial charge < -0.3 is 4.74 Å². The second-order valence-electron chi connectivity index (χ2n) is 7.47. The van der Waals surface area contributed by atoms with E-state index in [1.54, 1.807) is 6.92 Å². The highest BCUT2D eigenvalue weighted by Gasteiger charge is 2.38. The molecule has 0 unspecified atom stereocenters. The molecule has 4 rings (SSSR count). The van der Waals surface area contributed by atoms with Gasteiger partial charge in [-0.3, -0.25) is 9.59 Å². The molecule has 29 heavy (non-hydrogen) atoms. The molecule has 152 valence electrons. The zero-order valence-corrected chi connectivity index (χ0v) is 17.9. The van der Waals surface area contributed by atoms with Gasteiger partial charge in [-0.15, -0.1) is 5.10 Å². The first kappa shape index (κ1) is 19.7. The van der Waals surface area contributed by atoms with Crippen molar-refractivity contribution in [1.29, 1.82) is 0 Å². The first-order chi connectivity index (χ1) is 13.9. The van der Waals surface area contributed by atoms with E-state index in [9.17, 15) is 9.59 Å². The van der Waals surface area contributed by atoms with Crippen LogP contribution in [0.3, 0.4) is 0 Å². The number of hydrogen-bond acceptors (Lipinski definition) is 6. The SMILES string of the molecule is CCOC(=O)Cn1nc(SC)n2c(=O)c3c(nc12)-c1ccccc1C[C@@]3(C)CC. The highest BCUT2D eigenvalue weighted by Crippen LogP contribution is 2.42. The van der Waals surface area contributed by atoms with E-state index in [0.717, 1.165) is 24.0 Å². The van der Waals surface area contributed by atoms with Crippen LogP contribution in [0.15, 0.2) is 34.2 Å². The molecule has 0 fully saturated rings. The molecule has 0 bridgehead atoms. The standard InChI is InChI=1S/C21H24N4O3S/c1-5-21(3)11-13-9-7-8-10-14(13)17-16(21)18(27)25-19(22-17)24(23-20(25)29-4)12-15(26)28-6-2/h7-10H,5-6,11-12H2,1-4H3/t21-/m1/s1. The lowest BCUT2D eigenvalue weighted by atomic mass is 9.69. The van der Waals surface area contributed by atoms with Gasteiger partial charge >= 0.3 is 5.97 Å². The number of fused-ring (bicyclic) bond motifs is 4. The minimum absolute atomic E-state index is 0.0875. The summed E-state index contributed by atoms with van der Waals surface area (Å²) < 4.78 is 8.06. The zero-order chi connectivity index (χ0) is 20.8. The first-order valence-corrected chi connectivity index (χ1v) is 11.0. The Morgan fingerprint density at radius 1 is 1.31 bits per heavy atom. The maximum atomic E-state index is 13.7. The van der Waals surface area contributed by atoms with Gasteiger partial charge in [0.15, 0.2) is 5.16 Å². The van der Waals surface area contributed by atoms with E-state index in [4.69, 9.17) is 9.72 Å². The lowest BCUT2D eigenvalue weighted by Crippen LogP contribution is -2.38. The van der Waals surface area contributed by atoms with E-state index in [0.29, 0.717) is 23.2 Å². The van der Waals surface area contributed by atoms with E-state index in [1.165, 1.54) is 26.4 Å². The Morgan fingerprint density at radius 3 is 2.76 bits per heavy atom. The topological polar surface area (TPSA) is 78.5 Å². The van der Waals surface area contributed by atoms with Crippen LogP contribution in [0.2, 0.25) is 0 Å². The van der Waals surface area contributed by atoms with Crippen molar-refractivity contribution in [1.82, 2.24) is 19.2 Å². The summed E-state index contributed by atoms with van der Waals surface area (Å²) in [6, 6.07) is 8.08.